The Bertz CT molecular complexity index is 762. The third-order valence-corrected chi connectivity index (χ3v) is 4.21. The van der Waals surface area contributed by atoms with Gasteiger partial charge in [0.25, 0.3) is 0 Å². The van der Waals surface area contributed by atoms with Crippen LogP contribution in [0.1, 0.15) is 30.7 Å². The minimum Gasteiger partial charge on any atom is -0.382 e. The molecular formula is C19H33IN8O. The molecule has 2 heterocycles. The molecule has 0 spiro atoms. The summed E-state index contributed by atoms with van der Waals surface area (Å²) in [5, 5.41) is 14.9. The van der Waals surface area contributed by atoms with Crippen LogP contribution >= 0.6 is 24.0 Å². The van der Waals surface area contributed by atoms with Gasteiger partial charge in [0.05, 0.1) is 18.8 Å². The van der Waals surface area contributed by atoms with Crippen molar-refractivity contribution in [2.75, 3.05) is 38.8 Å². The molecule has 10 heteroatoms. The van der Waals surface area contributed by atoms with Crippen molar-refractivity contribution in [3.05, 3.63) is 35.5 Å². The Morgan fingerprint density at radius 3 is 2.69 bits per heavy atom. The fourth-order valence-corrected chi connectivity index (χ4v) is 2.43. The summed E-state index contributed by atoms with van der Waals surface area (Å²) in [6, 6.07) is 5.96. The number of hydrogen-bond acceptors (Lipinski definition) is 6. The number of aromatic nitrogens is 4. The number of ether oxygens (including phenoxy) is 1. The molecule has 0 aliphatic rings. The van der Waals surface area contributed by atoms with Gasteiger partial charge in [-0.05, 0) is 32.4 Å². The number of nitrogens with one attached hydrogen (secondary N) is 2. The molecular weight excluding hydrogens is 483 g/mol. The fourth-order valence-electron chi connectivity index (χ4n) is 2.43. The number of pyridine rings is 1. The quantitative estimate of drug-likeness (QED) is 0.216. The Morgan fingerprint density at radius 2 is 2.03 bits per heavy atom. The SMILES string of the molecule is CCOCCCNC(=NCc1cccc(N(C)C)n1)NCc1nnc(C)n1C.I. The van der Waals surface area contributed by atoms with Crippen LogP contribution in [0, 0.1) is 6.92 Å². The van der Waals surface area contributed by atoms with E-state index in [1.807, 2.05) is 62.7 Å². The molecule has 0 amide bonds. The second-order valence-corrected chi connectivity index (χ2v) is 6.60. The predicted octanol–water partition coefficient (Wildman–Crippen LogP) is 1.86. The van der Waals surface area contributed by atoms with Gasteiger partial charge in [-0.2, -0.15) is 0 Å². The molecule has 0 atom stereocenters. The number of anilines is 1. The zero-order valence-corrected chi connectivity index (χ0v) is 20.3. The molecule has 2 N–H and O–H groups in total. The first kappa shape index (κ1) is 25.1. The number of aryl methyl sites for hydroxylation is 1. The molecule has 2 aromatic rings. The number of nitrogens with zero attached hydrogens (tertiary/aromatic N) is 6. The summed E-state index contributed by atoms with van der Waals surface area (Å²) in [5.74, 6) is 3.37. The van der Waals surface area contributed by atoms with E-state index in [1.54, 1.807) is 0 Å². The van der Waals surface area contributed by atoms with Crippen molar-refractivity contribution in [1.29, 1.82) is 0 Å². The maximum absolute atomic E-state index is 5.39. The molecule has 9 nitrogen and oxygen atoms in total. The second-order valence-electron chi connectivity index (χ2n) is 6.60. The van der Waals surface area contributed by atoms with E-state index in [0.29, 0.717) is 19.0 Å². The first-order chi connectivity index (χ1) is 13.5. The Labute approximate surface area is 190 Å². The lowest BCUT2D eigenvalue weighted by Gasteiger charge is -2.14. The van der Waals surface area contributed by atoms with Crippen molar-refractivity contribution < 1.29 is 4.74 Å². The van der Waals surface area contributed by atoms with E-state index in [1.165, 1.54) is 0 Å². The molecule has 0 fully saturated rings. The average molecular weight is 516 g/mol. The van der Waals surface area contributed by atoms with E-state index in [-0.39, 0.29) is 24.0 Å². The minimum atomic E-state index is 0. The Hall–Kier alpha value is -1.95. The minimum absolute atomic E-state index is 0. The molecule has 29 heavy (non-hydrogen) atoms. The van der Waals surface area contributed by atoms with Crippen molar-refractivity contribution in [3.8, 4) is 0 Å². The molecule has 2 aromatic heterocycles. The van der Waals surface area contributed by atoms with Gasteiger partial charge in [0, 0.05) is 40.9 Å². The first-order valence-electron chi connectivity index (χ1n) is 9.59. The highest BCUT2D eigenvalue weighted by molar-refractivity contribution is 14.0. The maximum Gasteiger partial charge on any atom is 0.192 e. The molecule has 0 saturated carbocycles. The van der Waals surface area contributed by atoms with Gasteiger partial charge in [-0.1, -0.05) is 6.07 Å². The summed E-state index contributed by atoms with van der Waals surface area (Å²) in [4.78, 5) is 11.3. The monoisotopic (exact) mass is 516 g/mol. The van der Waals surface area contributed by atoms with E-state index in [4.69, 9.17) is 4.74 Å². The van der Waals surface area contributed by atoms with Gasteiger partial charge in [0.15, 0.2) is 11.8 Å². The van der Waals surface area contributed by atoms with E-state index in [2.05, 4.69) is 30.8 Å². The van der Waals surface area contributed by atoms with E-state index in [0.717, 1.165) is 49.3 Å². The fraction of sp³-hybridized carbons (Fsp3) is 0.579. The lowest BCUT2D eigenvalue weighted by atomic mass is 10.3. The average Bonchev–Trinajstić information content (AvgIpc) is 3.01. The van der Waals surface area contributed by atoms with Gasteiger partial charge < -0.3 is 24.8 Å². The van der Waals surface area contributed by atoms with Crippen LogP contribution in [0.5, 0.6) is 0 Å². The normalized spacial score (nSPS) is 11.1. The smallest absolute Gasteiger partial charge is 0.192 e. The summed E-state index contributed by atoms with van der Waals surface area (Å²) < 4.78 is 7.35. The summed E-state index contributed by atoms with van der Waals surface area (Å²) >= 11 is 0. The Kier molecular flexibility index (Phi) is 11.5. The molecule has 0 aromatic carbocycles. The number of halogens is 1. The largest absolute Gasteiger partial charge is 0.382 e. The third kappa shape index (κ3) is 8.52. The van der Waals surface area contributed by atoms with Gasteiger partial charge in [-0.25, -0.2) is 9.98 Å². The summed E-state index contributed by atoms with van der Waals surface area (Å²) in [5.41, 5.74) is 0.913. The summed E-state index contributed by atoms with van der Waals surface area (Å²) in [6.45, 7) is 7.19. The van der Waals surface area contributed by atoms with Gasteiger partial charge in [0.1, 0.15) is 11.6 Å². The number of hydrogen-bond donors (Lipinski definition) is 2. The number of rotatable bonds is 10. The van der Waals surface area contributed by atoms with Crippen molar-refractivity contribution in [1.82, 2.24) is 30.4 Å². The zero-order valence-electron chi connectivity index (χ0n) is 18.0. The van der Waals surface area contributed by atoms with Gasteiger partial charge in [-0.15, -0.1) is 34.2 Å². The second kappa shape index (κ2) is 13.3. The zero-order chi connectivity index (χ0) is 20.4. The summed E-state index contributed by atoms with van der Waals surface area (Å²) in [7, 11) is 5.91. The molecule has 2 rings (SSSR count). The van der Waals surface area contributed by atoms with Crippen LogP contribution in [0.25, 0.3) is 0 Å². The standard InChI is InChI=1S/C19H32N8O.HI/c1-6-28-12-8-11-20-19(22-14-18-25-24-15(2)27(18)5)21-13-16-9-7-10-17(23-16)26(3)4;/h7,9-10H,6,8,11-14H2,1-5H3,(H2,20,21,22);1H. The number of aliphatic imine (C=N–C) groups is 1. The van der Waals surface area contributed by atoms with Crippen molar-refractivity contribution in [2.24, 2.45) is 12.0 Å². The van der Waals surface area contributed by atoms with Crippen molar-refractivity contribution in [3.63, 3.8) is 0 Å². The lowest BCUT2D eigenvalue weighted by molar-refractivity contribution is 0.145. The molecule has 0 aliphatic carbocycles. The molecule has 0 aliphatic heterocycles. The van der Waals surface area contributed by atoms with Crippen molar-refractivity contribution in [2.45, 2.75) is 33.4 Å². The van der Waals surface area contributed by atoms with Gasteiger partial charge in [-0.3, -0.25) is 0 Å². The topological polar surface area (TPSA) is 92.5 Å². The predicted molar refractivity (Wildman–Crippen MR) is 127 cm³/mol. The highest BCUT2D eigenvalue weighted by Gasteiger charge is 2.07. The van der Waals surface area contributed by atoms with Gasteiger partial charge >= 0.3 is 0 Å². The van der Waals surface area contributed by atoms with Crippen LogP contribution in [0.15, 0.2) is 23.2 Å². The number of guanidine groups is 1. The highest BCUT2D eigenvalue weighted by atomic mass is 127. The Balaban J connectivity index is 0.00000420. The van der Waals surface area contributed by atoms with Crippen LogP contribution < -0.4 is 15.5 Å². The molecule has 0 bridgehead atoms. The van der Waals surface area contributed by atoms with Crippen LogP contribution in [0.2, 0.25) is 0 Å². The maximum atomic E-state index is 5.39. The Morgan fingerprint density at radius 1 is 1.24 bits per heavy atom. The van der Waals surface area contributed by atoms with Gasteiger partial charge in [0.2, 0.25) is 0 Å². The third-order valence-electron chi connectivity index (χ3n) is 4.21. The van der Waals surface area contributed by atoms with E-state index >= 15 is 0 Å². The lowest BCUT2D eigenvalue weighted by Crippen LogP contribution is -2.38. The molecule has 0 radical (unpaired) electrons. The van der Waals surface area contributed by atoms with E-state index < -0.39 is 0 Å². The van der Waals surface area contributed by atoms with E-state index in [9.17, 15) is 0 Å². The van der Waals surface area contributed by atoms with Crippen LogP contribution in [-0.2, 0) is 24.9 Å². The molecule has 0 unspecified atom stereocenters. The van der Waals surface area contributed by atoms with Crippen molar-refractivity contribution >= 4 is 35.8 Å². The summed E-state index contributed by atoms with van der Waals surface area (Å²) in [6.07, 6.45) is 0.909. The van der Waals surface area contributed by atoms with Crippen LogP contribution in [0.4, 0.5) is 5.82 Å². The molecule has 0 saturated heterocycles. The first-order valence-corrected chi connectivity index (χ1v) is 9.59. The van der Waals surface area contributed by atoms with Crippen LogP contribution in [-0.4, -0.2) is 59.6 Å². The van der Waals surface area contributed by atoms with Crippen LogP contribution in [0.3, 0.4) is 0 Å². The highest BCUT2D eigenvalue weighted by Crippen LogP contribution is 2.08. The molecule has 162 valence electrons.